The molecular weight excluding hydrogens is 568 g/mol. The first-order valence-electron chi connectivity index (χ1n) is 15.4. The van der Waals surface area contributed by atoms with Gasteiger partial charge in [0.1, 0.15) is 22.8 Å². The molecule has 0 saturated heterocycles. The monoisotopic (exact) mass is 603 g/mol. The largest absolute Gasteiger partial charge is 0.441 e. The maximum atomic E-state index is 13.7. The third kappa shape index (κ3) is 5.85. The first-order chi connectivity index (χ1) is 21.1. The molecule has 3 aliphatic carbocycles. The zero-order chi connectivity index (χ0) is 30.6. The van der Waals surface area contributed by atoms with Crippen molar-refractivity contribution in [1.82, 2.24) is 30.3 Å². The van der Waals surface area contributed by atoms with Crippen LogP contribution in [0.5, 0.6) is 0 Å². The number of benzene rings is 1. The number of nitriles is 1. The second-order valence-electron chi connectivity index (χ2n) is 13.0. The summed E-state index contributed by atoms with van der Waals surface area (Å²) in [6.07, 6.45) is 5.36. The van der Waals surface area contributed by atoms with E-state index in [0.717, 1.165) is 42.5 Å². The zero-order valence-electron chi connectivity index (χ0n) is 24.6. The van der Waals surface area contributed by atoms with Crippen molar-refractivity contribution in [2.24, 2.45) is 0 Å². The molecule has 1 aliphatic heterocycles. The molecule has 0 spiro atoms. The van der Waals surface area contributed by atoms with Crippen molar-refractivity contribution in [3.05, 3.63) is 53.2 Å². The molecule has 0 radical (unpaired) electrons. The van der Waals surface area contributed by atoms with Crippen LogP contribution in [0.2, 0.25) is 0 Å². The molecule has 3 saturated carbocycles. The Morgan fingerprint density at radius 1 is 1.20 bits per heavy atom. The Hall–Kier alpha value is -4.11. The number of hydrogen-bond acceptors (Lipinski definition) is 7. The average Bonchev–Trinajstić information content (AvgIpc) is 3.97. The van der Waals surface area contributed by atoms with E-state index >= 15 is 0 Å². The molecule has 3 fully saturated rings. The maximum Gasteiger partial charge on any atom is 0.270 e. The van der Waals surface area contributed by atoms with Gasteiger partial charge in [-0.2, -0.15) is 10.4 Å². The van der Waals surface area contributed by atoms with Gasteiger partial charge in [-0.1, -0.05) is 19.1 Å². The lowest BCUT2D eigenvalue weighted by molar-refractivity contribution is -0.123. The van der Waals surface area contributed by atoms with Crippen LogP contribution in [-0.4, -0.2) is 69.1 Å². The number of aromatic nitrogens is 3. The van der Waals surface area contributed by atoms with Gasteiger partial charge in [0.05, 0.1) is 30.8 Å². The molecule has 230 valence electrons. The molecule has 1 unspecified atom stereocenters. The SMILES string of the molecule is CC1(c2cc(C(=O)NC(Cc3nc4ccc(C5=CCN(CC(F)F)CC5)cc4o3)C(=O)NC3(C#N)CC3)n(C3CC3)n2)CC1. The molecule has 1 aromatic carbocycles. The fourth-order valence-corrected chi connectivity index (χ4v) is 5.82. The molecule has 12 heteroatoms. The van der Waals surface area contributed by atoms with Gasteiger partial charge in [0.15, 0.2) is 11.5 Å². The highest BCUT2D eigenvalue weighted by atomic mass is 19.3. The molecule has 1 atom stereocenters. The van der Waals surface area contributed by atoms with Crippen molar-refractivity contribution in [2.75, 3.05) is 19.6 Å². The molecule has 3 aromatic rings. The van der Waals surface area contributed by atoms with Crippen LogP contribution in [0.3, 0.4) is 0 Å². The second kappa shape index (κ2) is 10.8. The van der Waals surface area contributed by atoms with E-state index in [1.807, 2.05) is 30.3 Å². The van der Waals surface area contributed by atoms with Gasteiger partial charge in [0.25, 0.3) is 12.3 Å². The molecule has 44 heavy (non-hydrogen) atoms. The Kier molecular flexibility index (Phi) is 7.03. The standard InChI is InChI=1S/C32H35F2N7O3/c1-31(8-9-31)26-16-24(41(39-26)21-3-4-21)30(43)37-23(29(42)38-32(18-35)10-11-32)15-28-36-22-5-2-20(14-25(22)44-28)19-6-12-40(13-7-19)17-27(33)34/h2,5-6,14,16,21,23,27H,3-4,7-13,15,17H2,1H3,(H,37,43)(H,38,42). The average molecular weight is 604 g/mol. The van der Waals surface area contributed by atoms with Crippen molar-refractivity contribution in [1.29, 1.82) is 5.26 Å². The number of carbonyl (C=O) groups is 2. The maximum absolute atomic E-state index is 13.7. The third-order valence-electron chi connectivity index (χ3n) is 9.30. The van der Waals surface area contributed by atoms with Gasteiger partial charge in [0, 0.05) is 18.5 Å². The number of nitrogens with zero attached hydrogens (tertiary/aromatic N) is 5. The lowest BCUT2D eigenvalue weighted by Crippen LogP contribution is -2.51. The van der Waals surface area contributed by atoms with Crippen LogP contribution in [0.1, 0.15) is 85.5 Å². The molecule has 4 aliphatic rings. The van der Waals surface area contributed by atoms with Crippen LogP contribution < -0.4 is 10.6 Å². The summed E-state index contributed by atoms with van der Waals surface area (Å²) in [4.78, 5) is 33.5. The van der Waals surface area contributed by atoms with E-state index in [9.17, 15) is 23.6 Å². The van der Waals surface area contributed by atoms with Crippen LogP contribution in [0.15, 0.2) is 34.8 Å². The van der Waals surface area contributed by atoms with Gasteiger partial charge in [0.2, 0.25) is 5.91 Å². The molecule has 2 aromatic heterocycles. The van der Waals surface area contributed by atoms with Crippen LogP contribution in [-0.2, 0) is 16.6 Å². The molecule has 2 N–H and O–H groups in total. The van der Waals surface area contributed by atoms with Crippen LogP contribution in [0.25, 0.3) is 16.7 Å². The van der Waals surface area contributed by atoms with E-state index < -0.39 is 29.8 Å². The molecular formula is C32H35F2N7O3. The number of halogens is 2. The quantitative estimate of drug-likeness (QED) is 0.335. The van der Waals surface area contributed by atoms with Crippen molar-refractivity contribution in [2.45, 2.75) is 87.8 Å². The van der Waals surface area contributed by atoms with E-state index in [4.69, 9.17) is 9.52 Å². The number of alkyl halides is 2. The molecule has 0 bridgehead atoms. The summed E-state index contributed by atoms with van der Waals surface area (Å²) in [6, 6.07) is 8.82. The van der Waals surface area contributed by atoms with Crippen molar-refractivity contribution in [3.8, 4) is 6.07 Å². The van der Waals surface area contributed by atoms with Gasteiger partial charge >= 0.3 is 0 Å². The first-order valence-corrected chi connectivity index (χ1v) is 15.4. The minimum absolute atomic E-state index is 0.00345. The lowest BCUT2D eigenvalue weighted by atomic mass is 9.99. The predicted octanol–water partition coefficient (Wildman–Crippen LogP) is 4.28. The normalized spacial score (nSPS) is 21.0. The number of carbonyl (C=O) groups excluding carboxylic acids is 2. The van der Waals surface area contributed by atoms with Gasteiger partial charge in [-0.05, 0) is 74.3 Å². The second-order valence-corrected chi connectivity index (χ2v) is 13.0. The molecule has 10 nitrogen and oxygen atoms in total. The van der Waals surface area contributed by atoms with Gasteiger partial charge < -0.3 is 15.1 Å². The highest BCUT2D eigenvalue weighted by Gasteiger charge is 2.46. The highest BCUT2D eigenvalue weighted by molar-refractivity contribution is 5.97. The number of nitrogens with one attached hydrogen (secondary N) is 2. The minimum atomic E-state index is -2.36. The van der Waals surface area contributed by atoms with Crippen molar-refractivity contribution in [3.63, 3.8) is 0 Å². The summed E-state index contributed by atoms with van der Waals surface area (Å²) in [5.74, 6) is -0.583. The minimum Gasteiger partial charge on any atom is -0.441 e. The number of fused-ring (bicyclic) bond motifs is 1. The number of oxazole rings is 1. The number of rotatable bonds is 11. The van der Waals surface area contributed by atoms with Crippen LogP contribution in [0, 0.1) is 11.3 Å². The molecule has 7 rings (SSSR count). The van der Waals surface area contributed by atoms with Gasteiger partial charge in [-0.3, -0.25) is 19.2 Å². The third-order valence-corrected chi connectivity index (χ3v) is 9.30. The number of hydrogen-bond donors (Lipinski definition) is 2. The first kappa shape index (κ1) is 28.6. The predicted molar refractivity (Wildman–Crippen MR) is 157 cm³/mol. The van der Waals surface area contributed by atoms with Gasteiger partial charge in [-0.25, -0.2) is 13.8 Å². The molecule has 2 amide bonds. The van der Waals surface area contributed by atoms with E-state index in [1.54, 1.807) is 9.58 Å². The Labute approximate surface area is 253 Å². The van der Waals surface area contributed by atoms with E-state index in [-0.39, 0.29) is 30.3 Å². The smallest absolute Gasteiger partial charge is 0.270 e. The van der Waals surface area contributed by atoms with Crippen LogP contribution in [0.4, 0.5) is 8.78 Å². The Bertz CT molecular complexity index is 1690. The van der Waals surface area contributed by atoms with E-state index in [1.165, 1.54) is 0 Å². The summed E-state index contributed by atoms with van der Waals surface area (Å²) in [5.41, 5.74) is 3.55. The van der Waals surface area contributed by atoms with E-state index in [0.29, 0.717) is 49.1 Å². The Morgan fingerprint density at radius 3 is 2.64 bits per heavy atom. The number of amides is 2. The van der Waals surface area contributed by atoms with Crippen LogP contribution >= 0.6 is 0 Å². The summed E-state index contributed by atoms with van der Waals surface area (Å²) >= 11 is 0. The van der Waals surface area contributed by atoms with Crippen molar-refractivity contribution >= 4 is 28.5 Å². The fourth-order valence-electron chi connectivity index (χ4n) is 5.82. The molecule has 3 heterocycles. The van der Waals surface area contributed by atoms with E-state index in [2.05, 4.69) is 28.6 Å². The topological polar surface area (TPSA) is 129 Å². The summed E-state index contributed by atoms with van der Waals surface area (Å²) in [5, 5.41) is 20.1. The lowest BCUT2D eigenvalue weighted by Gasteiger charge is -2.25. The zero-order valence-corrected chi connectivity index (χ0v) is 24.6. The summed E-state index contributed by atoms with van der Waals surface area (Å²) < 4.78 is 33.4. The van der Waals surface area contributed by atoms with Gasteiger partial charge in [-0.15, -0.1) is 0 Å². The Morgan fingerprint density at radius 2 is 2.00 bits per heavy atom. The summed E-state index contributed by atoms with van der Waals surface area (Å²) in [6.45, 7) is 2.92. The summed E-state index contributed by atoms with van der Waals surface area (Å²) in [7, 11) is 0. The van der Waals surface area contributed by atoms with Crippen molar-refractivity contribution < 1.29 is 22.8 Å². The fraction of sp³-hybridized carbons (Fsp3) is 0.531. The highest BCUT2D eigenvalue weighted by Crippen LogP contribution is 2.48. The Balaban J connectivity index is 1.11.